The molecule has 5 aromatic rings. The molecule has 0 saturated heterocycles. The highest BCUT2D eigenvalue weighted by atomic mass is 35.5. The van der Waals surface area contributed by atoms with E-state index in [1.165, 1.54) is 11.8 Å². The summed E-state index contributed by atoms with van der Waals surface area (Å²) in [4.78, 5) is 38.1. The van der Waals surface area contributed by atoms with Crippen molar-refractivity contribution in [2.24, 2.45) is 0 Å². The molecule has 0 fully saturated rings. The van der Waals surface area contributed by atoms with Crippen molar-refractivity contribution in [3.05, 3.63) is 110 Å². The molecular weight excluding hydrogens is 456 g/mol. The SMILES string of the molecule is CC(c1ccccc1)n1c(SCc2nc3cc(Cl)ccc3c(=O)[nH]2)nc2ccccc2c1=O. The number of aromatic nitrogens is 4. The van der Waals surface area contributed by atoms with Gasteiger partial charge in [-0.2, -0.15) is 0 Å². The van der Waals surface area contributed by atoms with Crippen LogP contribution in [-0.2, 0) is 5.75 Å². The Kier molecular flexibility index (Phi) is 5.74. The number of halogens is 1. The standard InChI is InChI=1S/C25H19ClN4O2S/c1-15(16-7-3-2-4-8-16)30-24(32)19-9-5-6-10-20(19)28-25(30)33-14-22-27-21-13-17(26)11-12-18(21)23(31)29-22/h2-13,15H,14H2,1H3,(H,27,29,31). The van der Waals surface area contributed by atoms with Gasteiger partial charge in [0.15, 0.2) is 5.16 Å². The van der Waals surface area contributed by atoms with E-state index < -0.39 is 0 Å². The van der Waals surface area contributed by atoms with E-state index in [0.29, 0.717) is 43.6 Å². The molecule has 3 aromatic carbocycles. The number of aromatic amines is 1. The van der Waals surface area contributed by atoms with Crippen molar-refractivity contribution >= 4 is 45.2 Å². The van der Waals surface area contributed by atoms with Crippen LogP contribution in [0.4, 0.5) is 0 Å². The first kappa shape index (κ1) is 21.4. The van der Waals surface area contributed by atoms with Crippen LogP contribution in [0.5, 0.6) is 0 Å². The minimum Gasteiger partial charge on any atom is -0.309 e. The summed E-state index contributed by atoms with van der Waals surface area (Å²) in [5, 5.41) is 2.12. The normalized spacial score (nSPS) is 12.3. The number of fused-ring (bicyclic) bond motifs is 2. The number of benzene rings is 3. The summed E-state index contributed by atoms with van der Waals surface area (Å²) >= 11 is 7.44. The predicted molar refractivity (Wildman–Crippen MR) is 133 cm³/mol. The number of para-hydroxylation sites is 1. The van der Waals surface area contributed by atoms with E-state index >= 15 is 0 Å². The van der Waals surface area contributed by atoms with Gasteiger partial charge in [-0.15, -0.1) is 0 Å². The van der Waals surface area contributed by atoms with Crippen molar-refractivity contribution in [3.8, 4) is 0 Å². The first-order valence-electron chi connectivity index (χ1n) is 10.4. The average Bonchev–Trinajstić information content (AvgIpc) is 2.83. The van der Waals surface area contributed by atoms with E-state index in [9.17, 15) is 9.59 Å². The first-order valence-corrected chi connectivity index (χ1v) is 11.7. The van der Waals surface area contributed by atoms with Crippen molar-refractivity contribution in [3.63, 3.8) is 0 Å². The number of rotatable bonds is 5. The van der Waals surface area contributed by atoms with Gasteiger partial charge in [-0.3, -0.25) is 14.2 Å². The van der Waals surface area contributed by atoms with E-state index in [4.69, 9.17) is 16.6 Å². The number of nitrogens with one attached hydrogen (secondary N) is 1. The van der Waals surface area contributed by atoms with Crippen molar-refractivity contribution in [1.29, 1.82) is 0 Å². The number of thioether (sulfide) groups is 1. The lowest BCUT2D eigenvalue weighted by atomic mass is 10.1. The Hall–Kier alpha value is -3.42. The molecule has 1 atom stereocenters. The lowest BCUT2D eigenvalue weighted by molar-refractivity contribution is 0.548. The summed E-state index contributed by atoms with van der Waals surface area (Å²) in [5.74, 6) is 0.824. The largest absolute Gasteiger partial charge is 0.309 e. The molecular formula is C25H19ClN4O2S. The molecule has 6 nitrogen and oxygen atoms in total. The van der Waals surface area contributed by atoms with Gasteiger partial charge in [0.1, 0.15) is 5.82 Å². The summed E-state index contributed by atoms with van der Waals surface area (Å²) in [6.45, 7) is 1.98. The van der Waals surface area contributed by atoms with E-state index in [-0.39, 0.29) is 17.2 Å². The molecule has 0 aliphatic heterocycles. The van der Waals surface area contributed by atoms with E-state index in [2.05, 4.69) is 9.97 Å². The van der Waals surface area contributed by atoms with Gasteiger partial charge in [-0.05, 0) is 42.8 Å². The van der Waals surface area contributed by atoms with Crippen LogP contribution in [0.15, 0.2) is 87.5 Å². The quantitative estimate of drug-likeness (QED) is 0.280. The Morgan fingerprint density at radius 3 is 2.52 bits per heavy atom. The van der Waals surface area contributed by atoms with E-state index in [1.54, 1.807) is 28.8 Å². The fourth-order valence-corrected chi connectivity index (χ4v) is 4.92. The highest BCUT2D eigenvalue weighted by Gasteiger charge is 2.18. The Morgan fingerprint density at radius 2 is 1.70 bits per heavy atom. The minimum absolute atomic E-state index is 0.105. The van der Waals surface area contributed by atoms with Crippen LogP contribution >= 0.6 is 23.4 Å². The highest BCUT2D eigenvalue weighted by molar-refractivity contribution is 7.98. The topological polar surface area (TPSA) is 80.6 Å². The second kappa shape index (κ2) is 8.84. The average molecular weight is 475 g/mol. The van der Waals surface area contributed by atoms with Gasteiger partial charge in [0, 0.05) is 5.02 Å². The molecule has 2 heterocycles. The summed E-state index contributed by atoms with van der Waals surface area (Å²) in [6, 6.07) is 21.9. The number of hydrogen-bond donors (Lipinski definition) is 1. The van der Waals surface area contributed by atoms with Crippen LogP contribution in [-0.4, -0.2) is 19.5 Å². The molecule has 0 saturated carbocycles. The van der Waals surface area contributed by atoms with Crippen LogP contribution in [0.25, 0.3) is 21.8 Å². The Balaban J connectivity index is 1.58. The molecule has 8 heteroatoms. The van der Waals surface area contributed by atoms with Crippen LogP contribution in [0.3, 0.4) is 0 Å². The molecule has 33 heavy (non-hydrogen) atoms. The zero-order valence-corrected chi connectivity index (χ0v) is 19.2. The minimum atomic E-state index is -0.228. The fourth-order valence-electron chi connectivity index (χ4n) is 3.81. The zero-order valence-electron chi connectivity index (χ0n) is 17.7. The Bertz CT molecular complexity index is 1600. The zero-order chi connectivity index (χ0) is 22.9. The van der Waals surface area contributed by atoms with Crippen LogP contribution < -0.4 is 11.1 Å². The summed E-state index contributed by atoms with van der Waals surface area (Å²) < 4.78 is 1.71. The molecule has 1 unspecified atom stereocenters. The van der Waals surface area contributed by atoms with Crippen molar-refractivity contribution in [2.75, 3.05) is 0 Å². The monoisotopic (exact) mass is 474 g/mol. The second-order valence-corrected chi connectivity index (χ2v) is 9.02. The van der Waals surface area contributed by atoms with Crippen molar-refractivity contribution < 1.29 is 0 Å². The second-order valence-electron chi connectivity index (χ2n) is 7.64. The van der Waals surface area contributed by atoms with Gasteiger partial charge in [-0.1, -0.05) is 65.8 Å². The van der Waals surface area contributed by atoms with Crippen LogP contribution in [0.2, 0.25) is 5.02 Å². The van der Waals surface area contributed by atoms with E-state index in [1.807, 2.05) is 55.5 Å². The van der Waals surface area contributed by atoms with Crippen LogP contribution in [0, 0.1) is 0 Å². The van der Waals surface area contributed by atoms with Gasteiger partial charge >= 0.3 is 0 Å². The predicted octanol–water partition coefficient (Wildman–Crippen LogP) is 5.19. The Morgan fingerprint density at radius 1 is 0.939 bits per heavy atom. The molecule has 0 radical (unpaired) electrons. The third-order valence-corrected chi connectivity index (χ3v) is 6.70. The lowest BCUT2D eigenvalue weighted by Crippen LogP contribution is -2.27. The molecule has 2 aromatic heterocycles. The van der Waals surface area contributed by atoms with Crippen molar-refractivity contribution in [1.82, 2.24) is 19.5 Å². The van der Waals surface area contributed by atoms with Gasteiger partial charge in [-0.25, -0.2) is 9.97 Å². The summed E-state index contributed by atoms with van der Waals surface area (Å²) in [5.41, 5.74) is 1.84. The molecule has 0 amide bonds. The maximum absolute atomic E-state index is 13.5. The molecule has 0 aliphatic carbocycles. The number of hydrogen-bond acceptors (Lipinski definition) is 5. The maximum atomic E-state index is 13.5. The molecule has 1 N–H and O–H groups in total. The Labute approximate surface area is 198 Å². The summed E-state index contributed by atoms with van der Waals surface area (Å²) in [7, 11) is 0. The number of nitrogens with zero attached hydrogens (tertiary/aromatic N) is 3. The van der Waals surface area contributed by atoms with Gasteiger partial charge in [0.25, 0.3) is 11.1 Å². The van der Waals surface area contributed by atoms with Gasteiger partial charge < -0.3 is 4.98 Å². The van der Waals surface area contributed by atoms with Gasteiger partial charge in [0.05, 0.1) is 33.6 Å². The van der Waals surface area contributed by atoms with E-state index in [0.717, 1.165) is 5.56 Å². The smallest absolute Gasteiger partial charge is 0.262 e. The fraction of sp³-hybridized carbons (Fsp3) is 0.120. The molecule has 164 valence electrons. The molecule has 0 bridgehead atoms. The summed E-state index contributed by atoms with van der Waals surface area (Å²) in [6.07, 6.45) is 0. The first-order chi connectivity index (χ1) is 16.0. The third kappa shape index (κ3) is 4.17. The molecule has 5 rings (SSSR count). The third-order valence-electron chi connectivity index (χ3n) is 5.50. The number of H-pyrrole nitrogens is 1. The lowest BCUT2D eigenvalue weighted by Gasteiger charge is -2.20. The van der Waals surface area contributed by atoms with Crippen molar-refractivity contribution in [2.45, 2.75) is 23.9 Å². The maximum Gasteiger partial charge on any atom is 0.262 e. The van der Waals surface area contributed by atoms with Crippen LogP contribution in [0.1, 0.15) is 24.4 Å². The highest BCUT2D eigenvalue weighted by Crippen LogP contribution is 2.26. The van der Waals surface area contributed by atoms with Gasteiger partial charge in [0.2, 0.25) is 0 Å². The molecule has 0 aliphatic rings. The molecule has 0 spiro atoms.